The van der Waals surface area contributed by atoms with Crippen molar-refractivity contribution in [3.05, 3.63) is 21.8 Å². The van der Waals surface area contributed by atoms with Crippen molar-refractivity contribution in [1.82, 2.24) is 15.1 Å². The Hall–Kier alpha value is -0.760. The van der Waals surface area contributed by atoms with Crippen molar-refractivity contribution in [1.29, 1.82) is 0 Å². The molecule has 0 aromatic carbocycles. The van der Waals surface area contributed by atoms with Crippen LogP contribution in [0.5, 0.6) is 0 Å². The summed E-state index contributed by atoms with van der Waals surface area (Å²) in [5.74, 6) is 1.16. The highest BCUT2D eigenvalue weighted by atomic mass is 79.9. The van der Waals surface area contributed by atoms with Gasteiger partial charge in [0, 0.05) is 19.2 Å². The Morgan fingerprint density at radius 3 is 2.80 bits per heavy atom. The summed E-state index contributed by atoms with van der Waals surface area (Å²) in [7, 11) is 0. The van der Waals surface area contributed by atoms with Crippen LogP contribution in [-0.2, 0) is 6.54 Å². The molecule has 0 aliphatic heterocycles. The molecule has 110 valence electrons. The zero-order chi connectivity index (χ0) is 14.5. The van der Waals surface area contributed by atoms with Gasteiger partial charge in [-0.3, -0.25) is 4.90 Å². The molecule has 2 heterocycles. The van der Waals surface area contributed by atoms with E-state index in [1.54, 1.807) is 11.3 Å². The van der Waals surface area contributed by atoms with Crippen LogP contribution < -0.4 is 0 Å². The van der Waals surface area contributed by atoms with Crippen molar-refractivity contribution in [3.8, 4) is 10.8 Å². The van der Waals surface area contributed by atoms with Gasteiger partial charge in [-0.1, -0.05) is 0 Å². The topological polar surface area (TPSA) is 62.4 Å². The first kappa shape index (κ1) is 15.6. The van der Waals surface area contributed by atoms with E-state index < -0.39 is 0 Å². The van der Waals surface area contributed by atoms with E-state index in [1.165, 1.54) is 0 Å². The Morgan fingerprint density at radius 2 is 2.20 bits per heavy atom. The third-order valence-corrected chi connectivity index (χ3v) is 4.53. The predicted molar refractivity (Wildman–Crippen MR) is 82.6 cm³/mol. The smallest absolute Gasteiger partial charge is 0.257 e. The predicted octanol–water partition coefficient (Wildman–Crippen LogP) is 3.15. The summed E-state index contributed by atoms with van der Waals surface area (Å²) in [6, 6.07) is 4.29. The molecule has 0 atom stereocenters. The molecule has 0 saturated carbocycles. The van der Waals surface area contributed by atoms with Gasteiger partial charge in [-0.05, 0) is 48.3 Å². The van der Waals surface area contributed by atoms with E-state index in [0.29, 0.717) is 24.4 Å². The summed E-state index contributed by atoms with van der Waals surface area (Å²) in [5, 5.41) is 17.1. The van der Waals surface area contributed by atoms with Crippen molar-refractivity contribution in [2.24, 2.45) is 0 Å². The molecule has 0 aliphatic rings. The van der Waals surface area contributed by atoms with Crippen molar-refractivity contribution >= 4 is 27.3 Å². The maximum Gasteiger partial charge on any atom is 0.257 e. The van der Waals surface area contributed by atoms with Gasteiger partial charge in [0.05, 0.1) is 15.2 Å². The van der Waals surface area contributed by atoms with Crippen LogP contribution in [0.2, 0.25) is 0 Å². The third kappa shape index (κ3) is 4.12. The van der Waals surface area contributed by atoms with Gasteiger partial charge in [-0.25, -0.2) is 0 Å². The van der Waals surface area contributed by atoms with Crippen LogP contribution in [0.3, 0.4) is 0 Å². The van der Waals surface area contributed by atoms with Crippen LogP contribution in [0.4, 0.5) is 0 Å². The lowest BCUT2D eigenvalue weighted by atomic mass is 10.3. The largest absolute Gasteiger partial charge is 0.419 e. The first-order chi connectivity index (χ1) is 9.60. The van der Waals surface area contributed by atoms with Gasteiger partial charge in [0.1, 0.15) is 0 Å². The zero-order valence-corrected chi connectivity index (χ0v) is 13.9. The molecular weight excluding hydrogens is 342 g/mol. The molecule has 2 aromatic heterocycles. The lowest BCUT2D eigenvalue weighted by molar-refractivity contribution is 0.171. The SMILES string of the molecule is CC(C)N(CCCO)Cc1nnc(-c2ccc(Br)s2)o1. The van der Waals surface area contributed by atoms with E-state index >= 15 is 0 Å². The number of nitrogens with zero attached hydrogens (tertiary/aromatic N) is 3. The highest BCUT2D eigenvalue weighted by Gasteiger charge is 2.15. The minimum atomic E-state index is 0.196. The number of aliphatic hydroxyl groups excluding tert-OH is 1. The van der Waals surface area contributed by atoms with Gasteiger partial charge in [-0.2, -0.15) is 0 Å². The number of aromatic nitrogens is 2. The van der Waals surface area contributed by atoms with E-state index in [9.17, 15) is 0 Å². The van der Waals surface area contributed by atoms with E-state index in [4.69, 9.17) is 9.52 Å². The second-order valence-corrected chi connectivity index (χ2v) is 7.21. The number of thiophene rings is 1. The van der Waals surface area contributed by atoms with Crippen molar-refractivity contribution in [2.75, 3.05) is 13.2 Å². The Bertz CT molecular complexity index is 541. The number of aliphatic hydroxyl groups is 1. The van der Waals surface area contributed by atoms with E-state index in [-0.39, 0.29) is 6.61 Å². The first-order valence-electron chi connectivity index (χ1n) is 6.53. The standard InChI is InChI=1S/C13H18BrN3O2S/c1-9(2)17(6-3-7-18)8-12-15-16-13(19-12)10-4-5-11(14)20-10/h4-5,9,18H,3,6-8H2,1-2H3. The van der Waals surface area contributed by atoms with E-state index in [2.05, 4.69) is 44.9 Å². The molecule has 7 heteroatoms. The summed E-state index contributed by atoms with van der Waals surface area (Å²) in [4.78, 5) is 3.17. The number of hydrogen-bond acceptors (Lipinski definition) is 6. The van der Waals surface area contributed by atoms with Gasteiger partial charge in [0.2, 0.25) is 5.89 Å². The highest BCUT2D eigenvalue weighted by Crippen LogP contribution is 2.30. The third-order valence-electron chi connectivity index (χ3n) is 2.92. The molecule has 5 nitrogen and oxygen atoms in total. The van der Waals surface area contributed by atoms with E-state index in [1.807, 2.05) is 12.1 Å². The fourth-order valence-corrected chi connectivity index (χ4v) is 3.12. The van der Waals surface area contributed by atoms with E-state index in [0.717, 1.165) is 21.6 Å². The minimum absolute atomic E-state index is 0.196. The molecule has 0 bridgehead atoms. The van der Waals surface area contributed by atoms with Crippen LogP contribution in [-0.4, -0.2) is 39.4 Å². The normalized spacial score (nSPS) is 11.7. The number of hydrogen-bond donors (Lipinski definition) is 1. The van der Waals surface area contributed by atoms with Crippen LogP contribution >= 0.6 is 27.3 Å². The maximum absolute atomic E-state index is 8.94. The second-order valence-electron chi connectivity index (χ2n) is 4.75. The van der Waals surface area contributed by atoms with Gasteiger partial charge >= 0.3 is 0 Å². The van der Waals surface area contributed by atoms with Gasteiger partial charge in [0.15, 0.2) is 0 Å². The summed E-state index contributed by atoms with van der Waals surface area (Å²) >= 11 is 4.99. The van der Waals surface area contributed by atoms with Gasteiger partial charge < -0.3 is 9.52 Å². The first-order valence-corrected chi connectivity index (χ1v) is 8.14. The molecule has 0 radical (unpaired) electrons. The molecule has 1 N–H and O–H groups in total. The fourth-order valence-electron chi connectivity index (χ4n) is 1.81. The molecule has 0 amide bonds. The Balaban J connectivity index is 2.04. The lowest BCUT2D eigenvalue weighted by Gasteiger charge is -2.24. The summed E-state index contributed by atoms with van der Waals surface area (Å²) in [6.07, 6.45) is 0.747. The summed E-state index contributed by atoms with van der Waals surface area (Å²) in [5.41, 5.74) is 0. The van der Waals surface area contributed by atoms with Crippen LogP contribution in [0, 0.1) is 0 Å². The number of halogens is 1. The molecule has 2 rings (SSSR count). The van der Waals surface area contributed by atoms with Crippen molar-refractivity contribution in [2.45, 2.75) is 32.9 Å². The molecular formula is C13H18BrN3O2S. The molecule has 20 heavy (non-hydrogen) atoms. The Morgan fingerprint density at radius 1 is 1.40 bits per heavy atom. The van der Waals surface area contributed by atoms with Crippen LogP contribution in [0.1, 0.15) is 26.2 Å². The second kappa shape index (κ2) is 7.31. The van der Waals surface area contributed by atoms with Gasteiger partial charge in [0.25, 0.3) is 5.89 Å². The van der Waals surface area contributed by atoms with Crippen LogP contribution in [0.25, 0.3) is 10.8 Å². The summed E-state index contributed by atoms with van der Waals surface area (Å²) in [6.45, 7) is 5.85. The maximum atomic E-state index is 8.94. The van der Waals surface area contributed by atoms with Gasteiger partial charge in [-0.15, -0.1) is 21.5 Å². The Kier molecular flexibility index (Phi) is 5.71. The summed E-state index contributed by atoms with van der Waals surface area (Å²) < 4.78 is 6.75. The molecule has 0 saturated heterocycles. The fraction of sp³-hybridized carbons (Fsp3) is 0.538. The van der Waals surface area contributed by atoms with Crippen LogP contribution in [0.15, 0.2) is 20.3 Å². The highest BCUT2D eigenvalue weighted by molar-refractivity contribution is 9.11. The van der Waals surface area contributed by atoms with Crippen molar-refractivity contribution in [3.63, 3.8) is 0 Å². The number of rotatable bonds is 7. The molecule has 0 spiro atoms. The average molecular weight is 360 g/mol. The molecule has 2 aromatic rings. The minimum Gasteiger partial charge on any atom is -0.419 e. The lowest BCUT2D eigenvalue weighted by Crippen LogP contribution is -2.31. The zero-order valence-electron chi connectivity index (χ0n) is 11.5. The molecule has 0 fully saturated rings. The Labute approximate surface area is 130 Å². The van der Waals surface area contributed by atoms with Crippen molar-refractivity contribution < 1.29 is 9.52 Å². The average Bonchev–Trinajstić information content (AvgIpc) is 3.02. The quantitative estimate of drug-likeness (QED) is 0.822. The molecule has 0 unspecified atom stereocenters. The monoisotopic (exact) mass is 359 g/mol. The molecule has 0 aliphatic carbocycles.